The molecule has 107 valence electrons. The second-order valence-corrected chi connectivity index (χ2v) is 5.10. The van der Waals surface area contributed by atoms with Crippen molar-refractivity contribution in [1.29, 1.82) is 0 Å². The molecule has 0 heterocycles. The topological polar surface area (TPSA) is 0 Å². The smallest absolute Gasteiger partial charge is 0.195 e. The molecule has 4 aromatic rings. The van der Waals surface area contributed by atoms with Crippen LogP contribution in [0.1, 0.15) is 0 Å². The molecule has 1 radical (unpaired) electrons. The Labute approximate surface area is 122 Å². The fourth-order valence-corrected chi connectivity index (χ4v) is 2.77. The maximum Gasteiger partial charge on any atom is 0.195 e. The van der Waals surface area contributed by atoms with Crippen LogP contribution in [0, 0.1) is 29.3 Å². The summed E-state index contributed by atoms with van der Waals surface area (Å²) in [6.07, 6.45) is 0. The summed E-state index contributed by atoms with van der Waals surface area (Å²) in [4.78, 5) is 0. The van der Waals surface area contributed by atoms with Crippen molar-refractivity contribution in [2.45, 2.75) is 0 Å². The maximum atomic E-state index is 14.1. The van der Waals surface area contributed by atoms with Gasteiger partial charge in [0.25, 0.3) is 0 Å². The van der Waals surface area contributed by atoms with E-state index in [4.69, 9.17) is 0 Å². The average Bonchev–Trinajstić information content (AvgIpc) is 2.51. The van der Waals surface area contributed by atoms with E-state index in [0.29, 0.717) is 10.8 Å². The van der Waals surface area contributed by atoms with Crippen LogP contribution < -0.4 is 0 Å². The fraction of sp³-hybridized carbons (Fsp3) is 0. The molecule has 4 rings (SSSR count). The highest BCUT2D eigenvalue weighted by Gasteiger charge is 2.19. The lowest BCUT2D eigenvalue weighted by Gasteiger charge is -2.09. The molecule has 0 aliphatic heterocycles. The predicted octanol–water partition coefficient (Wildman–Crippen LogP) is 5.50. The van der Waals surface area contributed by atoms with Gasteiger partial charge in [-0.2, -0.15) is 0 Å². The van der Waals surface area contributed by atoms with Crippen LogP contribution in [-0.2, 0) is 0 Å². The van der Waals surface area contributed by atoms with Crippen molar-refractivity contribution in [2.24, 2.45) is 0 Å². The van der Waals surface area contributed by atoms with E-state index in [9.17, 15) is 17.6 Å². The zero-order valence-electron chi connectivity index (χ0n) is 11.1. The number of hydrogen-bond acceptors (Lipinski definition) is 0. The number of benzene rings is 4. The standard InChI is InChI=1S/C18H7F4/c19-14-7-11-5-9-3-1-2-4-10(9)6-12(11)13-8-15(20)17(21)18(22)16(13)14/h1-7H. The van der Waals surface area contributed by atoms with E-state index >= 15 is 0 Å². The number of rotatable bonds is 0. The molecule has 4 heteroatoms. The summed E-state index contributed by atoms with van der Waals surface area (Å²) in [5.41, 5.74) is 0. The molecular weight excluding hydrogens is 292 g/mol. The minimum atomic E-state index is -1.72. The van der Waals surface area contributed by atoms with Crippen LogP contribution in [0.3, 0.4) is 0 Å². The Morgan fingerprint density at radius 2 is 1.41 bits per heavy atom. The van der Waals surface area contributed by atoms with Crippen LogP contribution in [0.25, 0.3) is 32.3 Å². The lowest BCUT2D eigenvalue weighted by Crippen LogP contribution is -1.96. The summed E-state index contributed by atoms with van der Waals surface area (Å²) < 4.78 is 54.9. The first kappa shape index (κ1) is 13.1. The Morgan fingerprint density at radius 3 is 2.14 bits per heavy atom. The minimum Gasteiger partial charge on any atom is -0.206 e. The molecular formula is C18H7F4. The van der Waals surface area contributed by atoms with E-state index in [0.717, 1.165) is 16.8 Å². The van der Waals surface area contributed by atoms with Crippen molar-refractivity contribution in [3.8, 4) is 0 Å². The third-order valence-corrected chi connectivity index (χ3v) is 3.80. The molecule has 0 aromatic heterocycles. The molecule has 0 fully saturated rings. The summed E-state index contributed by atoms with van der Waals surface area (Å²) in [5, 5.41) is 1.93. The highest BCUT2D eigenvalue weighted by molar-refractivity contribution is 6.12. The second-order valence-electron chi connectivity index (χ2n) is 5.10. The highest BCUT2D eigenvalue weighted by atomic mass is 19.2. The normalized spacial score (nSPS) is 11.6. The van der Waals surface area contributed by atoms with Crippen LogP contribution in [0.4, 0.5) is 17.6 Å². The zero-order valence-corrected chi connectivity index (χ0v) is 11.1. The summed E-state index contributed by atoms with van der Waals surface area (Å²) in [5.74, 6) is -5.64. The molecule has 0 unspecified atom stereocenters. The van der Waals surface area contributed by atoms with Gasteiger partial charge in [-0.1, -0.05) is 24.3 Å². The monoisotopic (exact) mass is 299 g/mol. The van der Waals surface area contributed by atoms with E-state index in [1.165, 1.54) is 0 Å². The molecule has 0 bridgehead atoms. The van der Waals surface area contributed by atoms with Gasteiger partial charge >= 0.3 is 0 Å². The first-order valence-electron chi connectivity index (χ1n) is 6.57. The molecule has 0 nitrogen and oxygen atoms in total. The van der Waals surface area contributed by atoms with Crippen LogP contribution >= 0.6 is 0 Å². The number of halogens is 4. The van der Waals surface area contributed by atoms with Crippen molar-refractivity contribution < 1.29 is 17.6 Å². The third-order valence-electron chi connectivity index (χ3n) is 3.80. The summed E-state index contributed by atoms with van der Waals surface area (Å²) in [6, 6.07) is 14.0. The lowest BCUT2D eigenvalue weighted by atomic mass is 9.97. The molecule has 0 atom stereocenters. The maximum absolute atomic E-state index is 14.1. The Balaban J connectivity index is 2.29. The fourth-order valence-electron chi connectivity index (χ4n) is 2.77. The van der Waals surface area contributed by atoms with Crippen LogP contribution in [-0.4, -0.2) is 0 Å². The van der Waals surface area contributed by atoms with Gasteiger partial charge in [0.2, 0.25) is 0 Å². The zero-order chi connectivity index (χ0) is 15.4. The van der Waals surface area contributed by atoms with Gasteiger partial charge in [-0.15, -0.1) is 0 Å². The predicted molar refractivity (Wildman–Crippen MR) is 77.6 cm³/mol. The summed E-state index contributed by atoms with van der Waals surface area (Å²) in [7, 11) is 0. The minimum absolute atomic E-state index is 0.0999. The Bertz CT molecular complexity index is 1070. The SMILES string of the molecule is Fc1[c]c2c(c(F)cc3cc4ccccc4cc32)c(F)c1F. The average molecular weight is 299 g/mol. The molecule has 0 spiro atoms. The first-order valence-corrected chi connectivity index (χ1v) is 6.57. The van der Waals surface area contributed by atoms with Gasteiger partial charge < -0.3 is 0 Å². The molecule has 4 aromatic carbocycles. The van der Waals surface area contributed by atoms with Crippen molar-refractivity contribution in [2.75, 3.05) is 0 Å². The summed E-state index contributed by atoms with van der Waals surface area (Å²) in [6.45, 7) is 0. The van der Waals surface area contributed by atoms with E-state index < -0.39 is 28.7 Å². The van der Waals surface area contributed by atoms with Gasteiger partial charge in [-0.3, -0.25) is 0 Å². The van der Waals surface area contributed by atoms with E-state index in [-0.39, 0.29) is 5.39 Å². The highest BCUT2D eigenvalue weighted by Crippen LogP contribution is 2.34. The quantitative estimate of drug-likeness (QED) is 0.174. The van der Waals surface area contributed by atoms with Crippen molar-refractivity contribution >= 4 is 32.3 Å². The van der Waals surface area contributed by atoms with E-state index in [1.807, 2.05) is 24.3 Å². The Kier molecular flexibility index (Phi) is 2.64. The number of hydrogen-bond donors (Lipinski definition) is 0. The van der Waals surface area contributed by atoms with Crippen LogP contribution in [0.2, 0.25) is 0 Å². The van der Waals surface area contributed by atoms with Gasteiger partial charge in [0, 0.05) is 11.5 Å². The van der Waals surface area contributed by atoms with Gasteiger partial charge in [-0.05, 0) is 39.7 Å². The molecule has 0 saturated heterocycles. The lowest BCUT2D eigenvalue weighted by molar-refractivity contribution is 0.450. The van der Waals surface area contributed by atoms with Gasteiger partial charge in [0.15, 0.2) is 17.5 Å². The molecule has 0 aliphatic carbocycles. The Morgan fingerprint density at radius 1 is 0.727 bits per heavy atom. The molecule has 0 saturated carbocycles. The largest absolute Gasteiger partial charge is 0.206 e. The first-order chi connectivity index (χ1) is 10.6. The number of fused-ring (bicyclic) bond motifs is 4. The van der Waals surface area contributed by atoms with Gasteiger partial charge in [0.1, 0.15) is 5.82 Å². The van der Waals surface area contributed by atoms with Gasteiger partial charge in [0.05, 0.1) is 5.39 Å². The Hall–Kier alpha value is -2.62. The van der Waals surface area contributed by atoms with Crippen LogP contribution in [0.15, 0.2) is 42.5 Å². The van der Waals surface area contributed by atoms with Crippen LogP contribution in [0.5, 0.6) is 0 Å². The second kappa shape index (κ2) is 4.44. The molecule has 22 heavy (non-hydrogen) atoms. The molecule has 0 aliphatic rings. The third kappa shape index (κ3) is 1.70. The van der Waals surface area contributed by atoms with E-state index in [2.05, 4.69) is 6.07 Å². The van der Waals surface area contributed by atoms with Crippen molar-refractivity contribution in [1.82, 2.24) is 0 Å². The van der Waals surface area contributed by atoms with E-state index in [1.54, 1.807) is 12.1 Å². The molecule has 0 N–H and O–H groups in total. The van der Waals surface area contributed by atoms with Crippen molar-refractivity contribution in [3.63, 3.8) is 0 Å². The molecule has 0 amide bonds. The van der Waals surface area contributed by atoms with Gasteiger partial charge in [-0.25, -0.2) is 17.6 Å². The van der Waals surface area contributed by atoms with Crippen molar-refractivity contribution in [3.05, 3.63) is 71.8 Å². The summed E-state index contributed by atoms with van der Waals surface area (Å²) >= 11 is 0.